The van der Waals surface area contributed by atoms with Gasteiger partial charge in [0.1, 0.15) is 0 Å². The Morgan fingerprint density at radius 3 is 3.00 bits per heavy atom. The minimum absolute atomic E-state index is 0.172. The highest BCUT2D eigenvalue weighted by Crippen LogP contribution is 2.39. The lowest BCUT2D eigenvalue weighted by Gasteiger charge is -2.20. The average Bonchev–Trinajstić information content (AvgIpc) is 2.70. The second kappa shape index (κ2) is 4.88. The van der Waals surface area contributed by atoms with Crippen LogP contribution >= 0.6 is 27.7 Å². The van der Waals surface area contributed by atoms with Crippen LogP contribution in [-0.2, 0) is 11.2 Å². The Morgan fingerprint density at radius 2 is 2.44 bits per heavy atom. The van der Waals surface area contributed by atoms with Gasteiger partial charge >= 0.3 is 0 Å². The third-order valence-electron chi connectivity index (χ3n) is 2.94. The van der Waals surface area contributed by atoms with Crippen LogP contribution in [0.25, 0.3) is 0 Å². The average molecular weight is 300 g/mol. The second-order valence-electron chi connectivity index (χ2n) is 4.25. The fourth-order valence-corrected chi connectivity index (χ4v) is 3.36. The van der Waals surface area contributed by atoms with Crippen molar-refractivity contribution in [2.45, 2.75) is 30.9 Å². The number of carbonyl (C=O) groups is 1. The SMILES string of the molecule is CC1(C(=O)Cc2ccc(Br)cn2)CCCS1. The lowest BCUT2D eigenvalue weighted by Crippen LogP contribution is -2.30. The number of rotatable bonds is 3. The lowest BCUT2D eigenvalue weighted by molar-refractivity contribution is -0.120. The van der Waals surface area contributed by atoms with Gasteiger partial charge in [0.15, 0.2) is 5.78 Å². The molecule has 0 radical (unpaired) electrons. The van der Waals surface area contributed by atoms with Gasteiger partial charge in [-0.2, -0.15) is 0 Å². The van der Waals surface area contributed by atoms with E-state index in [4.69, 9.17) is 0 Å². The van der Waals surface area contributed by atoms with Gasteiger partial charge in [-0.15, -0.1) is 11.8 Å². The number of carbonyl (C=O) groups excluding carboxylic acids is 1. The fraction of sp³-hybridized carbons (Fsp3) is 0.500. The Morgan fingerprint density at radius 1 is 1.62 bits per heavy atom. The molecule has 0 N–H and O–H groups in total. The van der Waals surface area contributed by atoms with Gasteiger partial charge < -0.3 is 0 Å². The zero-order chi connectivity index (χ0) is 11.6. The number of Topliss-reactive ketones (excluding diaryl/α,β-unsaturated/α-hetero) is 1. The van der Waals surface area contributed by atoms with Gasteiger partial charge in [0.25, 0.3) is 0 Å². The Hall–Kier alpha value is -0.350. The molecule has 0 spiro atoms. The molecule has 2 nitrogen and oxygen atoms in total. The summed E-state index contributed by atoms with van der Waals surface area (Å²) in [6, 6.07) is 3.84. The van der Waals surface area contributed by atoms with Crippen molar-refractivity contribution in [3.63, 3.8) is 0 Å². The zero-order valence-corrected chi connectivity index (χ0v) is 11.6. The summed E-state index contributed by atoms with van der Waals surface area (Å²) in [6.45, 7) is 2.06. The fourth-order valence-electron chi connectivity index (χ4n) is 1.86. The van der Waals surface area contributed by atoms with Gasteiger partial charge in [-0.25, -0.2) is 0 Å². The highest BCUT2D eigenvalue weighted by molar-refractivity contribution is 9.10. The summed E-state index contributed by atoms with van der Waals surface area (Å²) in [5.74, 6) is 1.42. The minimum Gasteiger partial charge on any atom is -0.298 e. The molecule has 1 aliphatic heterocycles. The molecule has 4 heteroatoms. The summed E-state index contributed by atoms with van der Waals surface area (Å²) in [5, 5.41) is 0. The molecule has 1 fully saturated rings. The van der Waals surface area contributed by atoms with Crippen LogP contribution in [0, 0.1) is 0 Å². The van der Waals surface area contributed by atoms with Gasteiger partial charge in [0, 0.05) is 16.4 Å². The van der Waals surface area contributed by atoms with Crippen molar-refractivity contribution < 1.29 is 4.79 Å². The first kappa shape index (κ1) is 12.1. The van der Waals surface area contributed by atoms with E-state index >= 15 is 0 Å². The van der Waals surface area contributed by atoms with Gasteiger partial charge in [0.2, 0.25) is 0 Å². The molecule has 16 heavy (non-hydrogen) atoms. The first-order valence-corrected chi connectivity index (χ1v) is 7.16. The van der Waals surface area contributed by atoms with E-state index in [-0.39, 0.29) is 4.75 Å². The highest BCUT2D eigenvalue weighted by atomic mass is 79.9. The van der Waals surface area contributed by atoms with Crippen LogP contribution < -0.4 is 0 Å². The maximum atomic E-state index is 12.1. The number of thioether (sulfide) groups is 1. The summed E-state index contributed by atoms with van der Waals surface area (Å²) >= 11 is 5.13. The van der Waals surface area contributed by atoms with Crippen LogP contribution in [0.3, 0.4) is 0 Å². The normalized spacial score (nSPS) is 24.6. The number of hydrogen-bond acceptors (Lipinski definition) is 3. The molecule has 0 aromatic carbocycles. The number of aromatic nitrogens is 1. The maximum absolute atomic E-state index is 12.1. The maximum Gasteiger partial charge on any atom is 0.154 e. The van der Waals surface area contributed by atoms with E-state index in [2.05, 4.69) is 27.8 Å². The molecule has 86 valence electrons. The first-order valence-electron chi connectivity index (χ1n) is 5.38. The molecule has 0 aliphatic carbocycles. The molecule has 0 bridgehead atoms. The predicted molar refractivity (Wildman–Crippen MR) is 70.7 cm³/mol. The van der Waals surface area contributed by atoms with Gasteiger partial charge in [0.05, 0.1) is 11.2 Å². The number of nitrogens with zero attached hydrogens (tertiary/aromatic N) is 1. The summed E-state index contributed by atoms with van der Waals surface area (Å²) in [5.41, 5.74) is 0.863. The van der Waals surface area contributed by atoms with Crippen molar-refractivity contribution in [3.8, 4) is 0 Å². The van der Waals surface area contributed by atoms with E-state index in [1.54, 1.807) is 18.0 Å². The van der Waals surface area contributed by atoms with Crippen molar-refractivity contribution in [2.75, 3.05) is 5.75 Å². The highest BCUT2D eigenvalue weighted by Gasteiger charge is 2.36. The lowest BCUT2D eigenvalue weighted by atomic mass is 9.97. The van der Waals surface area contributed by atoms with E-state index in [1.807, 2.05) is 12.1 Å². The van der Waals surface area contributed by atoms with Crippen molar-refractivity contribution in [1.29, 1.82) is 0 Å². The summed E-state index contributed by atoms with van der Waals surface area (Å²) in [4.78, 5) is 16.4. The summed E-state index contributed by atoms with van der Waals surface area (Å²) in [7, 11) is 0. The molecule has 1 aromatic rings. The van der Waals surface area contributed by atoms with Crippen molar-refractivity contribution >= 4 is 33.5 Å². The standard InChI is InChI=1S/C12H14BrNOS/c1-12(5-2-6-16-12)11(15)7-10-4-3-9(13)8-14-10/h3-4,8H,2,5-7H2,1H3. The van der Waals surface area contributed by atoms with E-state index in [0.29, 0.717) is 12.2 Å². The van der Waals surface area contributed by atoms with E-state index < -0.39 is 0 Å². The Kier molecular flexibility index (Phi) is 3.70. The van der Waals surface area contributed by atoms with Gasteiger partial charge in [-0.3, -0.25) is 9.78 Å². The summed E-state index contributed by atoms with van der Waals surface area (Å²) < 4.78 is 0.777. The van der Waals surface area contributed by atoms with Crippen molar-refractivity contribution in [2.24, 2.45) is 0 Å². The molecule has 2 rings (SSSR count). The first-order chi connectivity index (χ1) is 7.60. The molecule has 1 aromatic heterocycles. The van der Waals surface area contributed by atoms with Crippen LogP contribution in [0.5, 0.6) is 0 Å². The number of pyridine rings is 1. The largest absolute Gasteiger partial charge is 0.298 e. The third kappa shape index (κ3) is 2.66. The number of halogens is 1. The van der Waals surface area contributed by atoms with Crippen LogP contribution in [-0.4, -0.2) is 21.3 Å². The molecule has 2 heterocycles. The molecular weight excluding hydrogens is 286 g/mol. The third-order valence-corrected chi connectivity index (χ3v) is 4.97. The van der Waals surface area contributed by atoms with Crippen LogP contribution in [0.15, 0.2) is 22.8 Å². The van der Waals surface area contributed by atoms with Gasteiger partial charge in [-0.1, -0.05) is 0 Å². The number of hydrogen-bond donors (Lipinski definition) is 0. The quantitative estimate of drug-likeness (QED) is 0.858. The molecule has 1 aliphatic rings. The smallest absolute Gasteiger partial charge is 0.154 e. The summed E-state index contributed by atoms with van der Waals surface area (Å²) in [6.07, 6.45) is 4.36. The zero-order valence-electron chi connectivity index (χ0n) is 9.20. The molecule has 1 atom stereocenters. The molecule has 1 saturated heterocycles. The Balaban J connectivity index is 2.04. The molecule has 0 amide bonds. The molecular formula is C12H14BrNOS. The monoisotopic (exact) mass is 299 g/mol. The second-order valence-corrected chi connectivity index (χ2v) is 6.76. The van der Waals surface area contributed by atoms with Crippen LogP contribution in [0.4, 0.5) is 0 Å². The molecule has 1 unspecified atom stereocenters. The number of ketones is 1. The van der Waals surface area contributed by atoms with E-state index in [1.165, 1.54) is 0 Å². The van der Waals surface area contributed by atoms with Crippen molar-refractivity contribution in [3.05, 3.63) is 28.5 Å². The van der Waals surface area contributed by atoms with Crippen LogP contribution in [0.1, 0.15) is 25.5 Å². The Bertz CT molecular complexity index is 385. The van der Waals surface area contributed by atoms with Gasteiger partial charge in [-0.05, 0) is 53.6 Å². The van der Waals surface area contributed by atoms with E-state index in [9.17, 15) is 4.79 Å². The van der Waals surface area contributed by atoms with Crippen LogP contribution in [0.2, 0.25) is 0 Å². The molecule has 0 saturated carbocycles. The van der Waals surface area contributed by atoms with E-state index in [0.717, 1.165) is 28.8 Å². The minimum atomic E-state index is -0.172. The Labute approximate surface area is 108 Å². The van der Waals surface area contributed by atoms with Crippen molar-refractivity contribution in [1.82, 2.24) is 4.98 Å². The predicted octanol–water partition coefficient (Wildman–Crippen LogP) is 3.24. The topological polar surface area (TPSA) is 30.0 Å².